The summed E-state index contributed by atoms with van der Waals surface area (Å²) in [5.74, 6) is -0.914. The largest absolute Gasteiger partial charge is 0.240 e. The van der Waals surface area contributed by atoms with Crippen LogP contribution in [-0.2, 0) is 5.33 Å². The zero-order valence-electron chi connectivity index (χ0n) is 7.51. The van der Waals surface area contributed by atoms with E-state index in [2.05, 4.69) is 20.9 Å². The number of halogens is 3. The number of thiazole rings is 1. The first-order valence-electron chi connectivity index (χ1n) is 4.16. The molecular formula is C10H6BrF2NS. The molecule has 1 aromatic heterocycles. The highest BCUT2D eigenvalue weighted by Crippen LogP contribution is 2.26. The van der Waals surface area contributed by atoms with Gasteiger partial charge in [0, 0.05) is 10.9 Å². The fraction of sp³-hybridized carbons (Fsp3) is 0.100. The summed E-state index contributed by atoms with van der Waals surface area (Å²) in [6.45, 7) is 0. The van der Waals surface area contributed by atoms with E-state index in [1.54, 1.807) is 5.38 Å². The minimum Gasteiger partial charge on any atom is -0.240 e. The van der Waals surface area contributed by atoms with Crippen molar-refractivity contribution < 1.29 is 8.78 Å². The first-order valence-corrected chi connectivity index (χ1v) is 6.16. The molecule has 15 heavy (non-hydrogen) atoms. The van der Waals surface area contributed by atoms with Gasteiger partial charge in [0.05, 0.1) is 11.0 Å². The minimum absolute atomic E-state index is 0.207. The molecule has 0 N–H and O–H groups in total. The van der Waals surface area contributed by atoms with Crippen molar-refractivity contribution in [1.82, 2.24) is 4.98 Å². The number of aromatic nitrogens is 1. The molecule has 2 rings (SSSR count). The first kappa shape index (κ1) is 10.7. The highest BCUT2D eigenvalue weighted by molar-refractivity contribution is 9.08. The van der Waals surface area contributed by atoms with Crippen LogP contribution in [0.2, 0.25) is 0 Å². The van der Waals surface area contributed by atoms with Gasteiger partial charge >= 0.3 is 0 Å². The Morgan fingerprint density at radius 3 is 2.80 bits per heavy atom. The minimum atomic E-state index is -0.459. The molecule has 0 spiro atoms. The Kier molecular flexibility index (Phi) is 3.11. The third kappa shape index (κ3) is 2.23. The number of rotatable bonds is 2. The molecule has 2 aromatic rings. The van der Waals surface area contributed by atoms with E-state index in [4.69, 9.17) is 0 Å². The van der Waals surface area contributed by atoms with Gasteiger partial charge in [0.25, 0.3) is 0 Å². The third-order valence-electron chi connectivity index (χ3n) is 1.87. The van der Waals surface area contributed by atoms with Crippen LogP contribution < -0.4 is 0 Å². The summed E-state index contributed by atoms with van der Waals surface area (Å²) in [5, 5.41) is 3.18. The zero-order chi connectivity index (χ0) is 10.8. The highest BCUT2D eigenvalue weighted by atomic mass is 79.9. The van der Waals surface area contributed by atoms with E-state index in [1.807, 2.05) is 0 Å². The van der Waals surface area contributed by atoms with Crippen molar-refractivity contribution in [2.75, 3.05) is 0 Å². The van der Waals surface area contributed by atoms with Crippen molar-refractivity contribution in [3.63, 3.8) is 0 Å². The fourth-order valence-electron chi connectivity index (χ4n) is 1.19. The van der Waals surface area contributed by atoms with Crippen LogP contribution in [0.4, 0.5) is 8.78 Å². The molecule has 0 atom stereocenters. The molecule has 0 saturated carbocycles. The van der Waals surface area contributed by atoms with Gasteiger partial charge in [0.1, 0.15) is 16.6 Å². The van der Waals surface area contributed by atoms with E-state index in [0.717, 1.165) is 23.2 Å². The van der Waals surface area contributed by atoms with Crippen molar-refractivity contribution in [1.29, 1.82) is 0 Å². The van der Waals surface area contributed by atoms with Gasteiger partial charge in [-0.1, -0.05) is 15.9 Å². The van der Waals surface area contributed by atoms with E-state index in [-0.39, 0.29) is 5.56 Å². The molecule has 0 aliphatic rings. The van der Waals surface area contributed by atoms with Crippen molar-refractivity contribution >= 4 is 27.3 Å². The normalized spacial score (nSPS) is 10.6. The molecule has 0 fully saturated rings. The van der Waals surface area contributed by atoms with Crippen LogP contribution in [0.5, 0.6) is 0 Å². The van der Waals surface area contributed by atoms with Crippen LogP contribution in [0.15, 0.2) is 23.6 Å². The van der Waals surface area contributed by atoms with Crippen molar-refractivity contribution in [3.05, 3.63) is 40.2 Å². The molecule has 1 heterocycles. The van der Waals surface area contributed by atoms with E-state index in [9.17, 15) is 8.78 Å². The summed E-state index contributed by atoms with van der Waals surface area (Å²) in [6.07, 6.45) is 0. The van der Waals surface area contributed by atoms with Gasteiger partial charge in [-0.25, -0.2) is 13.8 Å². The standard InChI is InChI=1S/C10H6BrF2NS/c11-4-10-14-9(5-15-10)7-3-6(12)1-2-8(7)13/h1-3,5H,4H2. The molecule has 0 saturated heterocycles. The predicted octanol–water partition coefficient (Wildman–Crippen LogP) is 3.98. The molecule has 0 unspecified atom stereocenters. The molecule has 0 amide bonds. The number of alkyl halides is 1. The molecule has 0 aliphatic heterocycles. The molecule has 0 radical (unpaired) electrons. The molecule has 0 bridgehead atoms. The maximum Gasteiger partial charge on any atom is 0.132 e. The van der Waals surface area contributed by atoms with Crippen LogP contribution in [0.3, 0.4) is 0 Å². The molecule has 1 aromatic carbocycles. The quantitative estimate of drug-likeness (QED) is 0.762. The third-order valence-corrected chi connectivity index (χ3v) is 3.62. The van der Waals surface area contributed by atoms with Gasteiger partial charge in [0.15, 0.2) is 0 Å². The molecular weight excluding hydrogens is 284 g/mol. The number of hydrogen-bond acceptors (Lipinski definition) is 2. The van der Waals surface area contributed by atoms with Crippen LogP contribution in [0.1, 0.15) is 5.01 Å². The second-order valence-corrected chi connectivity index (χ2v) is 4.39. The maximum atomic E-state index is 13.4. The first-order chi connectivity index (χ1) is 7.20. The molecule has 78 valence electrons. The average Bonchev–Trinajstić information content (AvgIpc) is 2.70. The van der Waals surface area contributed by atoms with E-state index >= 15 is 0 Å². The predicted molar refractivity (Wildman–Crippen MR) is 60.1 cm³/mol. The molecule has 5 heteroatoms. The van der Waals surface area contributed by atoms with Gasteiger partial charge in [-0.2, -0.15) is 0 Å². The summed E-state index contributed by atoms with van der Waals surface area (Å²) in [7, 11) is 0. The lowest BCUT2D eigenvalue weighted by atomic mass is 10.1. The molecule has 0 aliphatic carbocycles. The second kappa shape index (κ2) is 4.37. The fourth-order valence-corrected chi connectivity index (χ4v) is 2.35. The lowest BCUT2D eigenvalue weighted by Gasteiger charge is -1.98. The highest BCUT2D eigenvalue weighted by Gasteiger charge is 2.09. The Labute approximate surface area is 97.9 Å². The van der Waals surface area contributed by atoms with Crippen molar-refractivity contribution in [2.45, 2.75) is 5.33 Å². The lowest BCUT2D eigenvalue weighted by Crippen LogP contribution is -1.87. The topological polar surface area (TPSA) is 12.9 Å². The van der Waals surface area contributed by atoms with Gasteiger partial charge < -0.3 is 0 Å². The Morgan fingerprint density at radius 2 is 2.13 bits per heavy atom. The van der Waals surface area contributed by atoms with Crippen LogP contribution >= 0.6 is 27.3 Å². The average molecular weight is 290 g/mol. The van der Waals surface area contributed by atoms with Crippen LogP contribution in [-0.4, -0.2) is 4.98 Å². The number of nitrogens with zero attached hydrogens (tertiary/aromatic N) is 1. The Bertz CT molecular complexity index is 484. The second-order valence-electron chi connectivity index (χ2n) is 2.88. The SMILES string of the molecule is Fc1ccc(F)c(-c2csc(CBr)n2)c1. The summed E-state index contributed by atoms with van der Waals surface area (Å²) in [5.41, 5.74) is 0.685. The Balaban J connectivity index is 2.48. The Hall–Kier alpha value is -0.810. The number of benzene rings is 1. The molecule has 1 nitrogen and oxygen atoms in total. The van der Waals surface area contributed by atoms with Gasteiger partial charge in [-0.15, -0.1) is 11.3 Å². The monoisotopic (exact) mass is 289 g/mol. The van der Waals surface area contributed by atoms with E-state index < -0.39 is 11.6 Å². The van der Waals surface area contributed by atoms with Crippen LogP contribution in [0.25, 0.3) is 11.3 Å². The summed E-state index contributed by atoms with van der Waals surface area (Å²) in [4.78, 5) is 4.17. The van der Waals surface area contributed by atoms with E-state index in [1.165, 1.54) is 11.3 Å². The zero-order valence-corrected chi connectivity index (χ0v) is 9.91. The van der Waals surface area contributed by atoms with E-state index in [0.29, 0.717) is 11.0 Å². The summed E-state index contributed by atoms with van der Waals surface area (Å²) in [6, 6.07) is 3.36. The maximum absolute atomic E-state index is 13.4. The number of hydrogen-bond donors (Lipinski definition) is 0. The smallest absolute Gasteiger partial charge is 0.132 e. The summed E-state index contributed by atoms with van der Waals surface area (Å²) >= 11 is 4.67. The van der Waals surface area contributed by atoms with Gasteiger partial charge in [-0.05, 0) is 18.2 Å². The van der Waals surface area contributed by atoms with Gasteiger partial charge in [0.2, 0.25) is 0 Å². The van der Waals surface area contributed by atoms with Crippen molar-refractivity contribution in [3.8, 4) is 11.3 Å². The summed E-state index contributed by atoms with van der Waals surface area (Å²) < 4.78 is 26.3. The Morgan fingerprint density at radius 1 is 1.33 bits per heavy atom. The van der Waals surface area contributed by atoms with Crippen LogP contribution in [0, 0.1) is 11.6 Å². The van der Waals surface area contributed by atoms with Crippen molar-refractivity contribution in [2.24, 2.45) is 0 Å². The van der Waals surface area contributed by atoms with Gasteiger partial charge in [-0.3, -0.25) is 0 Å². The lowest BCUT2D eigenvalue weighted by molar-refractivity contribution is 0.602.